The highest BCUT2D eigenvalue weighted by molar-refractivity contribution is 5.77. The van der Waals surface area contributed by atoms with Gasteiger partial charge in [-0.3, -0.25) is 4.79 Å². The number of phenolic OH excluding ortho intramolecular Hbond substituents is 1. The number of nitrogens with zero attached hydrogens (tertiary/aromatic N) is 2. The lowest BCUT2D eigenvalue weighted by Crippen LogP contribution is -3.16. The van der Waals surface area contributed by atoms with Crippen LogP contribution in [-0.4, -0.2) is 61.7 Å². The maximum atomic E-state index is 12.8. The Bertz CT molecular complexity index is 610. The van der Waals surface area contributed by atoms with E-state index in [1.165, 1.54) is 37.0 Å². The van der Waals surface area contributed by atoms with E-state index >= 15 is 0 Å². The van der Waals surface area contributed by atoms with Crippen LogP contribution in [0, 0.1) is 11.8 Å². The van der Waals surface area contributed by atoms with Crippen LogP contribution in [0.2, 0.25) is 0 Å². The van der Waals surface area contributed by atoms with Crippen molar-refractivity contribution in [2.75, 3.05) is 50.7 Å². The largest absolute Gasteiger partial charge is 0.508 e. The van der Waals surface area contributed by atoms with Gasteiger partial charge in [-0.25, -0.2) is 0 Å². The zero-order valence-electron chi connectivity index (χ0n) is 15.7. The number of anilines is 1. The fourth-order valence-electron chi connectivity index (χ4n) is 5.07. The van der Waals surface area contributed by atoms with Crippen LogP contribution in [0.1, 0.15) is 32.1 Å². The molecular weight excluding hydrogens is 326 g/mol. The third-order valence-electron chi connectivity index (χ3n) is 6.73. The molecule has 5 heteroatoms. The first-order valence-corrected chi connectivity index (χ1v) is 10.3. The molecule has 26 heavy (non-hydrogen) atoms. The van der Waals surface area contributed by atoms with E-state index in [1.807, 2.05) is 12.1 Å². The predicted octanol–water partition coefficient (Wildman–Crippen LogP) is 1.14. The Morgan fingerprint density at radius 2 is 1.69 bits per heavy atom. The van der Waals surface area contributed by atoms with Gasteiger partial charge < -0.3 is 19.8 Å². The van der Waals surface area contributed by atoms with Crippen LogP contribution in [0.5, 0.6) is 5.75 Å². The van der Waals surface area contributed by atoms with Crippen molar-refractivity contribution in [1.82, 2.24) is 4.90 Å². The number of hydrogen-bond acceptors (Lipinski definition) is 3. The quantitative estimate of drug-likeness (QED) is 0.852. The number of hydrogen-bond donors (Lipinski definition) is 2. The molecule has 0 radical (unpaired) electrons. The summed E-state index contributed by atoms with van der Waals surface area (Å²) in [5.41, 5.74) is 1.16. The summed E-state index contributed by atoms with van der Waals surface area (Å²) in [6.45, 7) is 6.60. The van der Waals surface area contributed by atoms with E-state index in [0.717, 1.165) is 56.8 Å². The van der Waals surface area contributed by atoms with E-state index in [9.17, 15) is 9.90 Å². The average Bonchev–Trinajstić information content (AvgIpc) is 2.69. The monoisotopic (exact) mass is 358 g/mol. The third kappa shape index (κ3) is 3.98. The number of likely N-dealkylation sites (tertiary alicyclic amines) is 1. The van der Waals surface area contributed by atoms with E-state index < -0.39 is 0 Å². The van der Waals surface area contributed by atoms with Gasteiger partial charge in [-0.2, -0.15) is 0 Å². The van der Waals surface area contributed by atoms with Gasteiger partial charge in [0.1, 0.15) is 5.75 Å². The van der Waals surface area contributed by atoms with Crippen LogP contribution in [0.4, 0.5) is 5.69 Å². The molecule has 2 aliphatic heterocycles. The first-order valence-electron chi connectivity index (χ1n) is 10.3. The van der Waals surface area contributed by atoms with Gasteiger partial charge in [0, 0.05) is 18.8 Å². The lowest BCUT2D eigenvalue weighted by atomic mass is 9.75. The summed E-state index contributed by atoms with van der Waals surface area (Å²) < 4.78 is 0. The van der Waals surface area contributed by atoms with Gasteiger partial charge in [-0.15, -0.1) is 0 Å². The van der Waals surface area contributed by atoms with Gasteiger partial charge in [-0.1, -0.05) is 19.3 Å². The molecule has 2 heterocycles. The first kappa shape index (κ1) is 17.7. The molecule has 1 aromatic rings. The van der Waals surface area contributed by atoms with Crippen LogP contribution in [0.25, 0.3) is 0 Å². The number of rotatable bonds is 3. The van der Waals surface area contributed by atoms with Crippen molar-refractivity contribution < 1.29 is 14.8 Å². The molecule has 0 spiro atoms. The molecular formula is C21H32N3O2+. The second kappa shape index (κ2) is 7.87. The van der Waals surface area contributed by atoms with Crippen molar-refractivity contribution in [1.29, 1.82) is 0 Å². The molecule has 0 bridgehead atoms. The van der Waals surface area contributed by atoms with Gasteiger partial charge in [0.05, 0.1) is 26.2 Å². The lowest BCUT2D eigenvalue weighted by molar-refractivity contribution is -0.892. The lowest BCUT2D eigenvalue weighted by Gasteiger charge is -2.41. The van der Waals surface area contributed by atoms with Gasteiger partial charge in [0.15, 0.2) is 6.54 Å². The minimum atomic E-state index is 0.311. The Balaban J connectivity index is 1.25. The summed E-state index contributed by atoms with van der Waals surface area (Å²) in [4.78, 5) is 18.7. The molecule has 1 aliphatic carbocycles. The number of aromatic hydroxyl groups is 1. The number of phenols is 1. The van der Waals surface area contributed by atoms with Crippen LogP contribution >= 0.6 is 0 Å². The van der Waals surface area contributed by atoms with E-state index in [2.05, 4.69) is 9.80 Å². The van der Waals surface area contributed by atoms with Gasteiger partial charge in [0.2, 0.25) is 0 Å². The van der Waals surface area contributed by atoms with Crippen molar-refractivity contribution in [3.63, 3.8) is 0 Å². The summed E-state index contributed by atoms with van der Waals surface area (Å²) in [6, 6.07) is 7.43. The fourth-order valence-corrected chi connectivity index (χ4v) is 5.07. The van der Waals surface area contributed by atoms with Gasteiger partial charge >= 0.3 is 0 Å². The van der Waals surface area contributed by atoms with E-state index in [4.69, 9.17) is 0 Å². The number of amides is 1. The van der Waals surface area contributed by atoms with E-state index in [0.29, 0.717) is 18.2 Å². The molecule has 0 aromatic heterocycles. The highest BCUT2D eigenvalue weighted by atomic mass is 16.3. The number of piperidine rings is 1. The normalized spacial score (nSPS) is 27.2. The van der Waals surface area contributed by atoms with Crippen LogP contribution in [-0.2, 0) is 4.79 Å². The predicted molar refractivity (Wildman–Crippen MR) is 103 cm³/mol. The Morgan fingerprint density at radius 1 is 1.00 bits per heavy atom. The molecule has 3 fully saturated rings. The molecule has 1 saturated carbocycles. The molecule has 0 unspecified atom stereocenters. The number of carbonyl (C=O) groups excluding carboxylic acids is 1. The third-order valence-corrected chi connectivity index (χ3v) is 6.73. The molecule has 142 valence electrons. The Labute approximate surface area is 156 Å². The van der Waals surface area contributed by atoms with Crippen molar-refractivity contribution in [2.24, 2.45) is 11.8 Å². The summed E-state index contributed by atoms with van der Waals surface area (Å²) in [5.74, 6) is 2.32. The Hall–Kier alpha value is -1.75. The highest BCUT2D eigenvalue weighted by Gasteiger charge is 2.34. The number of piperazine rings is 1. The highest BCUT2D eigenvalue weighted by Crippen LogP contribution is 2.35. The number of fused-ring (bicyclic) bond motifs is 1. The summed E-state index contributed by atoms with van der Waals surface area (Å²) >= 11 is 0. The minimum absolute atomic E-state index is 0.311. The van der Waals surface area contributed by atoms with Crippen molar-refractivity contribution >= 4 is 11.6 Å². The van der Waals surface area contributed by atoms with Gasteiger partial charge in [-0.05, 0) is 48.9 Å². The van der Waals surface area contributed by atoms with Gasteiger partial charge in [0.25, 0.3) is 5.91 Å². The number of nitrogens with one attached hydrogen (secondary N) is 1. The summed E-state index contributed by atoms with van der Waals surface area (Å²) in [7, 11) is 0. The summed E-state index contributed by atoms with van der Waals surface area (Å²) in [5, 5.41) is 9.43. The zero-order valence-corrected chi connectivity index (χ0v) is 15.7. The molecule has 1 amide bonds. The maximum Gasteiger partial charge on any atom is 0.277 e. The molecule has 2 N–H and O–H groups in total. The van der Waals surface area contributed by atoms with E-state index in [1.54, 1.807) is 12.1 Å². The smallest absolute Gasteiger partial charge is 0.277 e. The fraction of sp³-hybridized carbons (Fsp3) is 0.667. The molecule has 2 atom stereocenters. The number of carbonyl (C=O) groups is 1. The number of benzene rings is 1. The maximum absolute atomic E-state index is 12.8. The Morgan fingerprint density at radius 3 is 2.42 bits per heavy atom. The average molecular weight is 359 g/mol. The minimum Gasteiger partial charge on any atom is -0.508 e. The standard InChI is InChI=1S/C21H31N3O2/c25-20-7-5-19(6-8-20)23-13-11-22(12-14-23)16-21(26)24-10-9-17-3-1-2-4-18(17)15-24/h5-8,17-18,25H,1-4,9-16H2/p+1/t17-,18+/m1/s1. The molecule has 1 aromatic carbocycles. The molecule has 5 nitrogen and oxygen atoms in total. The number of quaternary nitrogens is 1. The van der Waals surface area contributed by atoms with Crippen LogP contribution in [0.3, 0.4) is 0 Å². The summed E-state index contributed by atoms with van der Waals surface area (Å²) in [6.07, 6.45) is 6.68. The molecule has 4 rings (SSSR count). The second-order valence-corrected chi connectivity index (χ2v) is 8.36. The van der Waals surface area contributed by atoms with Crippen LogP contribution < -0.4 is 9.80 Å². The first-order chi connectivity index (χ1) is 12.7. The zero-order chi connectivity index (χ0) is 17.9. The Kier molecular flexibility index (Phi) is 5.34. The topological polar surface area (TPSA) is 48.2 Å². The van der Waals surface area contributed by atoms with Crippen LogP contribution in [0.15, 0.2) is 24.3 Å². The van der Waals surface area contributed by atoms with Crippen molar-refractivity contribution in [3.05, 3.63) is 24.3 Å². The van der Waals surface area contributed by atoms with E-state index in [-0.39, 0.29) is 0 Å². The molecule has 2 saturated heterocycles. The van der Waals surface area contributed by atoms with Crippen molar-refractivity contribution in [3.8, 4) is 5.75 Å². The SMILES string of the molecule is O=C(C[NH+]1CCN(c2ccc(O)cc2)CC1)N1CC[C@H]2CCCC[C@H]2C1. The molecule has 3 aliphatic rings. The van der Waals surface area contributed by atoms with Crippen molar-refractivity contribution in [2.45, 2.75) is 32.1 Å². The second-order valence-electron chi connectivity index (χ2n) is 8.36.